The smallest absolute Gasteiger partial charge is 0.138 e. The third-order valence-electron chi connectivity index (χ3n) is 3.20. The molecule has 0 unspecified atom stereocenters. The van der Waals surface area contributed by atoms with Crippen molar-refractivity contribution in [3.8, 4) is 5.75 Å². The number of hydrogen-bond donors (Lipinski definition) is 2. The van der Waals surface area contributed by atoms with E-state index in [0.29, 0.717) is 6.54 Å². The number of benzene rings is 2. The highest BCUT2D eigenvalue weighted by atomic mass is 16.5. The molecule has 0 amide bonds. The Morgan fingerprint density at radius 2 is 1.95 bits per heavy atom. The minimum atomic E-state index is 0.681. The van der Waals surface area contributed by atoms with Crippen molar-refractivity contribution in [3.05, 3.63) is 54.1 Å². The van der Waals surface area contributed by atoms with Crippen molar-refractivity contribution in [2.45, 2.75) is 13.1 Å². The maximum Gasteiger partial charge on any atom is 0.138 e. The van der Waals surface area contributed by atoms with Gasteiger partial charge in [-0.15, -0.1) is 0 Å². The fourth-order valence-electron chi connectivity index (χ4n) is 2.15. The third-order valence-corrected chi connectivity index (χ3v) is 3.20. The van der Waals surface area contributed by atoms with Gasteiger partial charge in [-0.05, 0) is 34.5 Å². The Kier molecular flexibility index (Phi) is 3.60. The van der Waals surface area contributed by atoms with Gasteiger partial charge < -0.3 is 10.1 Å². The van der Waals surface area contributed by atoms with Crippen LogP contribution in [-0.2, 0) is 13.1 Å². The van der Waals surface area contributed by atoms with Crippen LogP contribution >= 0.6 is 0 Å². The van der Waals surface area contributed by atoms with Crippen LogP contribution in [0.3, 0.4) is 0 Å². The van der Waals surface area contributed by atoms with E-state index in [4.69, 9.17) is 4.74 Å². The van der Waals surface area contributed by atoms with E-state index in [-0.39, 0.29) is 0 Å². The lowest BCUT2D eigenvalue weighted by Crippen LogP contribution is -2.13. The zero-order valence-electron chi connectivity index (χ0n) is 11.3. The zero-order chi connectivity index (χ0) is 13.8. The summed E-state index contributed by atoms with van der Waals surface area (Å²) in [5.74, 6) is 1.73. The van der Waals surface area contributed by atoms with E-state index in [9.17, 15) is 0 Å². The normalized spacial score (nSPS) is 10.8. The van der Waals surface area contributed by atoms with E-state index < -0.39 is 0 Å². The van der Waals surface area contributed by atoms with Crippen molar-refractivity contribution in [1.29, 1.82) is 0 Å². The van der Waals surface area contributed by atoms with Crippen LogP contribution in [0.15, 0.2) is 42.7 Å². The molecule has 0 saturated carbocycles. The van der Waals surface area contributed by atoms with Gasteiger partial charge in [0, 0.05) is 6.54 Å². The Hall–Kier alpha value is -2.40. The molecule has 5 heteroatoms. The molecule has 3 aromatic rings. The van der Waals surface area contributed by atoms with Gasteiger partial charge in [-0.2, -0.15) is 5.10 Å². The SMILES string of the molecule is COc1ccc2cc(CNCc3ncn[nH]3)ccc2c1. The van der Waals surface area contributed by atoms with Gasteiger partial charge in [-0.1, -0.05) is 18.2 Å². The van der Waals surface area contributed by atoms with Gasteiger partial charge in [0.15, 0.2) is 0 Å². The van der Waals surface area contributed by atoms with Gasteiger partial charge in [-0.3, -0.25) is 5.10 Å². The number of hydrogen-bond acceptors (Lipinski definition) is 4. The first kappa shape index (κ1) is 12.6. The second kappa shape index (κ2) is 5.71. The molecule has 0 aliphatic heterocycles. The van der Waals surface area contributed by atoms with Gasteiger partial charge in [0.1, 0.15) is 17.9 Å². The number of H-pyrrole nitrogens is 1. The summed E-state index contributed by atoms with van der Waals surface area (Å²) in [6, 6.07) is 12.5. The number of rotatable bonds is 5. The first-order chi connectivity index (χ1) is 9.85. The number of aromatic nitrogens is 3. The van der Waals surface area contributed by atoms with Crippen LogP contribution < -0.4 is 10.1 Å². The molecular weight excluding hydrogens is 252 g/mol. The van der Waals surface area contributed by atoms with Crippen molar-refractivity contribution >= 4 is 10.8 Å². The van der Waals surface area contributed by atoms with Crippen LogP contribution in [0.5, 0.6) is 5.75 Å². The molecular formula is C15H16N4O. The maximum absolute atomic E-state index is 5.23. The number of nitrogens with one attached hydrogen (secondary N) is 2. The van der Waals surface area contributed by atoms with E-state index in [1.807, 2.05) is 12.1 Å². The molecule has 3 rings (SSSR count). The summed E-state index contributed by atoms with van der Waals surface area (Å²) in [6.07, 6.45) is 1.51. The van der Waals surface area contributed by atoms with Gasteiger partial charge in [-0.25, -0.2) is 4.98 Å². The standard InChI is InChI=1S/C15H16N4O/c1-20-14-5-4-12-6-11(2-3-13(12)7-14)8-16-9-15-17-10-18-19-15/h2-7,10,16H,8-9H2,1H3,(H,17,18,19). The van der Waals surface area contributed by atoms with Crippen LogP contribution in [0.2, 0.25) is 0 Å². The Balaban J connectivity index is 1.69. The Bertz CT molecular complexity index is 694. The van der Waals surface area contributed by atoms with Crippen LogP contribution in [0.1, 0.15) is 11.4 Å². The molecule has 20 heavy (non-hydrogen) atoms. The van der Waals surface area contributed by atoms with Crippen LogP contribution in [-0.4, -0.2) is 22.3 Å². The van der Waals surface area contributed by atoms with Crippen molar-refractivity contribution in [2.24, 2.45) is 0 Å². The first-order valence-corrected chi connectivity index (χ1v) is 6.47. The van der Waals surface area contributed by atoms with Gasteiger partial charge >= 0.3 is 0 Å². The molecule has 2 N–H and O–H groups in total. The van der Waals surface area contributed by atoms with Gasteiger partial charge in [0.05, 0.1) is 13.7 Å². The molecule has 1 heterocycles. The summed E-state index contributed by atoms with van der Waals surface area (Å²) in [6.45, 7) is 1.48. The minimum Gasteiger partial charge on any atom is -0.497 e. The van der Waals surface area contributed by atoms with E-state index in [1.54, 1.807) is 7.11 Å². The van der Waals surface area contributed by atoms with E-state index >= 15 is 0 Å². The molecule has 5 nitrogen and oxygen atoms in total. The highest BCUT2D eigenvalue weighted by molar-refractivity contribution is 5.84. The molecule has 0 bridgehead atoms. The van der Waals surface area contributed by atoms with Crippen LogP contribution in [0, 0.1) is 0 Å². The molecule has 0 fully saturated rings. The monoisotopic (exact) mass is 268 g/mol. The van der Waals surface area contributed by atoms with E-state index in [1.165, 1.54) is 22.7 Å². The lowest BCUT2D eigenvalue weighted by molar-refractivity contribution is 0.415. The number of ether oxygens (including phenoxy) is 1. The summed E-state index contributed by atoms with van der Waals surface area (Å²) in [4.78, 5) is 4.07. The average Bonchev–Trinajstić information content (AvgIpc) is 3.00. The molecule has 102 valence electrons. The fraction of sp³-hybridized carbons (Fsp3) is 0.200. The molecule has 0 atom stereocenters. The van der Waals surface area contributed by atoms with Crippen LogP contribution in [0.4, 0.5) is 0 Å². The lowest BCUT2D eigenvalue weighted by atomic mass is 10.1. The molecule has 0 aliphatic rings. The van der Waals surface area contributed by atoms with Gasteiger partial charge in [0.25, 0.3) is 0 Å². The number of aromatic amines is 1. The predicted octanol–water partition coefficient (Wildman–Crippen LogP) is 2.26. The van der Waals surface area contributed by atoms with Crippen molar-refractivity contribution in [2.75, 3.05) is 7.11 Å². The number of fused-ring (bicyclic) bond motifs is 1. The first-order valence-electron chi connectivity index (χ1n) is 6.47. The summed E-state index contributed by atoms with van der Waals surface area (Å²) in [5.41, 5.74) is 1.24. The Morgan fingerprint density at radius 3 is 2.75 bits per heavy atom. The number of nitrogens with zero attached hydrogens (tertiary/aromatic N) is 2. The zero-order valence-corrected chi connectivity index (χ0v) is 11.3. The van der Waals surface area contributed by atoms with E-state index in [2.05, 4.69) is 44.8 Å². The number of methoxy groups -OCH3 is 1. The summed E-state index contributed by atoms with van der Waals surface area (Å²) < 4.78 is 5.23. The van der Waals surface area contributed by atoms with Crippen molar-refractivity contribution in [3.63, 3.8) is 0 Å². The van der Waals surface area contributed by atoms with Crippen LogP contribution in [0.25, 0.3) is 10.8 Å². The largest absolute Gasteiger partial charge is 0.497 e. The summed E-state index contributed by atoms with van der Waals surface area (Å²) in [5, 5.41) is 12.4. The topological polar surface area (TPSA) is 62.8 Å². The summed E-state index contributed by atoms with van der Waals surface area (Å²) >= 11 is 0. The highest BCUT2D eigenvalue weighted by Gasteiger charge is 2.00. The lowest BCUT2D eigenvalue weighted by Gasteiger charge is -2.06. The quantitative estimate of drug-likeness (QED) is 0.745. The Labute approximate surface area is 117 Å². The molecule has 2 aromatic carbocycles. The second-order valence-corrected chi connectivity index (χ2v) is 4.58. The Morgan fingerprint density at radius 1 is 1.10 bits per heavy atom. The minimum absolute atomic E-state index is 0.681. The molecule has 0 radical (unpaired) electrons. The summed E-state index contributed by atoms with van der Waals surface area (Å²) in [7, 11) is 1.68. The van der Waals surface area contributed by atoms with Crippen molar-refractivity contribution < 1.29 is 4.74 Å². The molecule has 0 saturated heterocycles. The molecule has 0 aliphatic carbocycles. The predicted molar refractivity (Wildman–Crippen MR) is 77.4 cm³/mol. The highest BCUT2D eigenvalue weighted by Crippen LogP contribution is 2.21. The second-order valence-electron chi connectivity index (χ2n) is 4.58. The third kappa shape index (κ3) is 2.78. The fourth-order valence-corrected chi connectivity index (χ4v) is 2.15. The van der Waals surface area contributed by atoms with Crippen molar-refractivity contribution in [1.82, 2.24) is 20.5 Å². The molecule has 1 aromatic heterocycles. The van der Waals surface area contributed by atoms with E-state index in [0.717, 1.165) is 18.1 Å². The average molecular weight is 268 g/mol. The van der Waals surface area contributed by atoms with Gasteiger partial charge in [0.2, 0.25) is 0 Å². The molecule has 0 spiro atoms. The maximum atomic E-state index is 5.23.